The molecule has 0 saturated carbocycles. The van der Waals surface area contributed by atoms with E-state index in [1.54, 1.807) is 6.07 Å². The van der Waals surface area contributed by atoms with E-state index in [4.69, 9.17) is 4.74 Å². The molecule has 6 nitrogen and oxygen atoms in total. The Kier molecular flexibility index (Phi) is 6.21. The van der Waals surface area contributed by atoms with Gasteiger partial charge in [0.05, 0.1) is 19.8 Å². The summed E-state index contributed by atoms with van der Waals surface area (Å²) >= 11 is 1.40. The molecule has 2 amide bonds. The lowest BCUT2D eigenvalue weighted by atomic mass is 10.1. The van der Waals surface area contributed by atoms with Gasteiger partial charge in [-0.2, -0.15) is 4.99 Å². The second-order valence-corrected chi connectivity index (χ2v) is 8.03. The van der Waals surface area contributed by atoms with Gasteiger partial charge in [0.25, 0.3) is 11.8 Å². The first-order valence-electron chi connectivity index (χ1n) is 9.86. The van der Waals surface area contributed by atoms with E-state index in [0.717, 1.165) is 11.1 Å². The third-order valence-electron chi connectivity index (χ3n) is 5.01. The number of hydrogen-bond acceptors (Lipinski definition) is 4. The minimum atomic E-state index is -0.271. The fourth-order valence-corrected chi connectivity index (χ4v) is 4.15. The van der Waals surface area contributed by atoms with Crippen LogP contribution in [0.1, 0.15) is 31.8 Å². The van der Waals surface area contributed by atoms with Crippen molar-refractivity contribution in [2.24, 2.45) is 4.99 Å². The smallest absolute Gasteiger partial charge is 0.279 e. The van der Waals surface area contributed by atoms with Crippen LogP contribution in [0.3, 0.4) is 0 Å². The van der Waals surface area contributed by atoms with Crippen molar-refractivity contribution in [2.45, 2.75) is 13.5 Å². The van der Waals surface area contributed by atoms with Crippen molar-refractivity contribution >= 4 is 23.2 Å². The van der Waals surface area contributed by atoms with Gasteiger partial charge in [0.1, 0.15) is 0 Å². The van der Waals surface area contributed by atoms with Gasteiger partial charge in [-0.05, 0) is 30.7 Å². The summed E-state index contributed by atoms with van der Waals surface area (Å²) in [5, 5.41) is 1.90. The number of aromatic nitrogens is 1. The van der Waals surface area contributed by atoms with E-state index in [0.29, 0.717) is 48.8 Å². The van der Waals surface area contributed by atoms with Gasteiger partial charge in [0.2, 0.25) is 0 Å². The van der Waals surface area contributed by atoms with E-state index in [1.165, 1.54) is 11.3 Å². The maximum absolute atomic E-state index is 13.0. The van der Waals surface area contributed by atoms with Crippen LogP contribution in [0.25, 0.3) is 0 Å². The maximum Gasteiger partial charge on any atom is 0.279 e. The average molecular weight is 422 g/mol. The van der Waals surface area contributed by atoms with E-state index in [-0.39, 0.29) is 11.8 Å². The Morgan fingerprint density at radius 1 is 1.10 bits per heavy atom. The highest BCUT2D eigenvalue weighted by Crippen LogP contribution is 2.15. The minimum absolute atomic E-state index is 0.0130. The summed E-state index contributed by atoms with van der Waals surface area (Å²) in [6, 6.07) is 15.0. The predicted molar refractivity (Wildman–Crippen MR) is 116 cm³/mol. The van der Waals surface area contributed by atoms with Crippen LogP contribution in [0, 0.1) is 6.92 Å². The quantitative estimate of drug-likeness (QED) is 0.650. The van der Waals surface area contributed by atoms with Crippen LogP contribution < -0.4 is 4.80 Å². The number of ether oxygens (including phenoxy) is 1. The Morgan fingerprint density at radius 3 is 2.70 bits per heavy atom. The van der Waals surface area contributed by atoms with Gasteiger partial charge < -0.3 is 14.2 Å². The first-order valence-corrected chi connectivity index (χ1v) is 10.7. The number of carbonyl (C=O) groups excluding carboxylic acids is 2. The predicted octanol–water partition coefficient (Wildman–Crippen LogP) is 3.12. The van der Waals surface area contributed by atoms with Crippen molar-refractivity contribution in [1.82, 2.24) is 9.47 Å². The van der Waals surface area contributed by atoms with Gasteiger partial charge in [-0.3, -0.25) is 9.59 Å². The summed E-state index contributed by atoms with van der Waals surface area (Å²) in [4.78, 5) is 32.4. The van der Waals surface area contributed by atoms with Crippen molar-refractivity contribution in [1.29, 1.82) is 0 Å². The summed E-state index contributed by atoms with van der Waals surface area (Å²) in [7, 11) is 0. The molecule has 0 unspecified atom stereocenters. The Balaban J connectivity index is 1.60. The zero-order chi connectivity index (χ0) is 20.9. The Bertz CT molecular complexity index is 1130. The fraction of sp³-hybridized carbons (Fsp3) is 0.261. The van der Waals surface area contributed by atoms with Gasteiger partial charge in [-0.25, -0.2) is 0 Å². The summed E-state index contributed by atoms with van der Waals surface area (Å²) in [5.74, 6) is -0.258. The van der Waals surface area contributed by atoms with E-state index >= 15 is 0 Å². The number of benzene rings is 2. The maximum atomic E-state index is 13.0. The number of hydrogen-bond donors (Lipinski definition) is 0. The molecule has 0 spiro atoms. The molecule has 0 radical (unpaired) electrons. The molecular formula is C23H23N3O3S. The number of nitrogens with zero attached hydrogens (tertiary/aromatic N) is 3. The third kappa shape index (κ3) is 4.58. The van der Waals surface area contributed by atoms with E-state index in [2.05, 4.69) is 4.99 Å². The second-order valence-electron chi connectivity index (χ2n) is 7.16. The molecule has 0 aliphatic carbocycles. The molecule has 1 aliphatic heterocycles. The van der Waals surface area contributed by atoms with E-state index in [1.807, 2.05) is 70.4 Å². The topological polar surface area (TPSA) is 63.9 Å². The Hall–Kier alpha value is -3.03. The summed E-state index contributed by atoms with van der Waals surface area (Å²) in [5.41, 5.74) is 3.16. The van der Waals surface area contributed by atoms with Crippen LogP contribution in [0.5, 0.6) is 0 Å². The number of carbonyl (C=O) groups is 2. The molecule has 1 aromatic heterocycles. The molecule has 0 atom stereocenters. The lowest BCUT2D eigenvalue weighted by Gasteiger charge is -2.27. The van der Waals surface area contributed by atoms with E-state index in [9.17, 15) is 9.59 Å². The van der Waals surface area contributed by atoms with Gasteiger partial charge in [-0.15, -0.1) is 11.3 Å². The molecule has 2 aromatic carbocycles. The second kappa shape index (κ2) is 9.19. The lowest BCUT2D eigenvalue weighted by Crippen LogP contribution is -2.41. The summed E-state index contributed by atoms with van der Waals surface area (Å²) in [6.07, 6.45) is 1.89. The fourth-order valence-electron chi connectivity index (χ4n) is 3.42. The number of amides is 2. The molecule has 2 heterocycles. The zero-order valence-corrected chi connectivity index (χ0v) is 17.6. The van der Waals surface area contributed by atoms with Crippen LogP contribution in [0.4, 0.5) is 0 Å². The Morgan fingerprint density at radius 2 is 1.90 bits per heavy atom. The molecule has 0 bridgehead atoms. The molecule has 4 rings (SSSR count). The molecule has 30 heavy (non-hydrogen) atoms. The lowest BCUT2D eigenvalue weighted by molar-refractivity contribution is 0.0302. The molecule has 1 fully saturated rings. The number of rotatable bonds is 4. The standard InChI is InChI=1S/C23H23N3O3S/c1-17-5-4-7-18(15-17)21(27)24-23-26(11-14-30-23)16-19-6-2-3-8-20(19)22(28)25-9-12-29-13-10-25/h2-8,11,14-15H,9-10,12-13,16H2,1H3. The third-order valence-corrected chi connectivity index (χ3v) is 5.80. The monoisotopic (exact) mass is 421 g/mol. The molecule has 3 aromatic rings. The minimum Gasteiger partial charge on any atom is -0.378 e. The van der Waals surface area contributed by atoms with Gasteiger partial charge in [0.15, 0.2) is 4.80 Å². The van der Waals surface area contributed by atoms with Crippen molar-refractivity contribution in [3.8, 4) is 0 Å². The molecule has 1 aliphatic rings. The summed E-state index contributed by atoms with van der Waals surface area (Å²) in [6.45, 7) is 4.75. The van der Waals surface area contributed by atoms with Gasteiger partial charge in [-0.1, -0.05) is 35.9 Å². The Labute approximate surface area is 179 Å². The number of aryl methyl sites for hydroxylation is 1. The van der Waals surface area contributed by atoms with Crippen LogP contribution >= 0.6 is 11.3 Å². The van der Waals surface area contributed by atoms with Crippen molar-refractivity contribution < 1.29 is 14.3 Å². The SMILES string of the molecule is Cc1cccc(C(=O)N=c2sccn2Cc2ccccc2C(=O)N2CCOCC2)c1. The molecular weight excluding hydrogens is 398 g/mol. The highest BCUT2D eigenvalue weighted by atomic mass is 32.1. The van der Waals surface area contributed by atoms with Crippen LogP contribution in [0.2, 0.25) is 0 Å². The largest absolute Gasteiger partial charge is 0.378 e. The highest BCUT2D eigenvalue weighted by Gasteiger charge is 2.21. The van der Waals surface area contributed by atoms with E-state index < -0.39 is 0 Å². The van der Waals surface area contributed by atoms with Crippen LogP contribution in [0.15, 0.2) is 65.1 Å². The first-order chi connectivity index (χ1) is 14.6. The zero-order valence-electron chi connectivity index (χ0n) is 16.8. The number of morpholine rings is 1. The normalized spacial score (nSPS) is 14.7. The van der Waals surface area contributed by atoms with Crippen molar-refractivity contribution in [3.05, 3.63) is 87.2 Å². The molecule has 7 heteroatoms. The number of thiazole rings is 1. The van der Waals surface area contributed by atoms with Gasteiger partial charge in [0, 0.05) is 35.8 Å². The molecule has 154 valence electrons. The van der Waals surface area contributed by atoms with Crippen LogP contribution in [-0.4, -0.2) is 47.6 Å². The highest BCUT2D eigenvalue weighted by molar-refractivity contribution is 7.07. The average Bonchev–Trinajstić information content (AvgIpc) is 3.20. The van der Waals surface area contributed by atoms with Crippen LogP contribution in [-0.2, 0) is 11.3 Å². The summed E-state index contributed by atoms with van der Waals surface area (Å²) < 4.78 is 7.26. The van der Waals surface area contributed by atoms with Crippen molar-refractivity contribution in [2.75, 3.05) is 26.3 Å². The molecule has 0 N–H and O–H groups in total. The van der Waals surface area contributed by atoms with Crippen molar-refractivity contribution in [3.63, 3.8) is 0 Å². The van der Waals surface area contributed by atoms with Gasteiger partial charge >= 0.3 is 0 Å². The first kappa shape index (κ1) is 20.3. The molecule has 1 saturated heterocycles.